The molecule has 0 radical (unpaired) electrons. The lowest BCUT2D eigenvalue weighted by Gasteiger charge is -2.38. The maximum absolute atomic E-state index is 9.32. The Labute approximate surface area is 106 Å². The zero-order chi connectivity index (χ0) is 12.8. The Morgan fingerprint density at radius 2 is 2.06 bits per heavy atom. The van der Waals surface area contributed by atoms with Gasteiger partial charge in [-0.1, -0.05) is 13.8 Å². The molecule has 0 aromatic heterocycles. The van der Waals surface area contributed by atoms with E-state index in [0.29, 0.717) is 12.1 Å². The monoisotopic (exact) mass is 243 g/mol. The fourth-order valence-electron chi connectivity index (χ4n) is 2.53. The van der Waals surface area contributed by atoms with Gasteiger partial charge >= 0.3 is 0 Å². The number of aliphatic hydroxyl groups is 1. The van der Waals surface area contributed by atoms with Crippen LogP contribution in [-0.4, -0.2) is 72.9 Å². The van der Waals surface area contributed by atoms with E-state index in [4.69, 9.17) is 0 Å². The van der Waals surface area contributed by atoms with Crippen LogP contribution in [0.3, 0.4) is 0 Å². The molecule has 102 valence electrons. The van der Waals surface area contributed by atoms with E-state index in [2.05, 4.69) is 42.9 Å². The lowest BCUT2D eigenvalue weighted by Crippen LogP contribution is -2.51. The molecule has 1 heterocycles. The molecule has 4 heteroatoms. The van der Waals surface area contributed by atoms with Crippen molar-refractivity contribution in [2.24, 2.45) is 0 Å². The second-order valence-corrected chi connectivity index (χ2v) is 5.64. The van der Waals surface area contributed by atoms with Crippen molar-refractivity contribution in [3.05, 3.63) is 0 Å². The summed E-state index contributed by atoms with van der Waals surface area (Å²) in [4.78, 5) is 4.92. The van der Waals surface area contributed by atoms with E-state index in [-0.39, 0.29) is 12.6 Å². The van der Waals surface area contributed by atoms with Crippen molar-refractivity contribution in [3.63, 3.8) is 0 Å². The maximum atomic E-state index is 9.32. The van der Waals surface area contributed by atoms with Crippen molar-refractivity contribution in [2.75, 3.05) is 39.8 Å². The highest BCUT2D eigenvalue weighted by Crippen LogP contribution is 2.09. The smallest absolute Gasteiger partial charge is 0.0585 e. The number of hydrogen-bond donors (Lipinski definition) is 2. The second kappa shape index (κ2) is 7.31. The minimum absolute atomic E-state index is 0.236. The predicted octanol–water partition coefficient (Wildman–Crippen LogP) is 0.371. The van der Waals surface area contributed by atoms with E-state index in [1.54, 1.807) is 0 Å². The van der Waals surface area contributed by atoms with Crippen molar-refractivity contribution in [1.29, 1.82) is 0 Å². The summed E-state index contributed by atoms with van der Waals surface area (Å²) in [5.74, 6) is 0. The summed E-state index contributed by atoms with van der Waals surface area (Å²) in [5.41, 5.74) is 0. The van der Waals surface area contributed by atoms with Crippen molar-refractivity contribution >= 4 is 0 Å². The molecule has 2 N–H and O–H groups in total. The van der Waals surface area contributed by atoms with Gasteiger partial charge in [0.2, 0.25) is 0 Å². The minimum atomic E-state index is 0.236. The van der Waals surface area contributed by atoms with Crippen LogP contribution in [0.2, 0.25) is 0 Å². The van der Waals surface area contributed by atoms with Gasteiger partial charge in [-0.25, -0.2) is 0 Å². The second-order valence-electron chi connectivity index (χ2n) is 5.64. The van der Waals surface area contributed by atoms with Crippen molar-refractivity contribution in [3.8, 4) is 0 Å². The molecule has 0 amide bonds. The van der Waals surface area contributed by atoms with Gasteiger partial charge in [0.05, 0.1) is 6.61 Å². The third-order valence-corrected chi connectivity index (χ3v) is 3.52. The molecule has 0 aliphatic carbocycles. The molecule has 2 atom stereocenters. The summed E-state index contributed by atoms with van der Waals surface area (Å²) in [6, 6.07) is 1.31. The zero-order valence-corrected chi connectivity index (χ0v) is 11.8. The molecule has 0 spiro atoms. The fraction of sp³-hybridized carbons (Fsp3) is 1.00. The Hall–Kier alpha value is -0.160. The number of rotatable bonds is 6. The fourth-order valence-corrected chi connectivity index (χ4v) is 2.53. The molecule has 0 bridgehead atoms. The number of nitrogens with zero attached hydrogens (tertiary/aromatic N) is 2. The standard InChI is InChI=1S/C13H29N3O/c1-11(2)14-13(10-17)5-6-16-8-7-15(4)9-12(16)3/h11-14,17H,5-10H2,1-4H3. The normalized spacial score (nSPS) is 25.4. The molecule has 17 heavy (non-hydrogen) atoms. The molecule has 1 aliphatic heterocycles. The Bertz CT molecular complexity index is 211. The molecule has 0 aromatic carbocycles. The van der Waals surface area contributed by atoms with E-state index in [9.17, 15) is 5.11 Å². The van der Waals surface area contributed by atoms with Gasteiger partial charge in [-0.3, -0.25) is 4.90 Å². The van der Waals surface area contributed by atoms with E-state index < -0.39 is 0 Å². The van der Waals surface area contributed by atoms with Crippen molar-refractivity contribution < 1.29 is 5.11 Å². The molecule has 0 saturated carbocycles. The van der Waals surface area contributed by atoms with Gasteiger partial charge in [-0.2, -0.15) is 0 Å². The summed E-state index contributed by atoms with van der Waals surface area (Å²) in [5, 5.41) is 12.7. The lowest BCUT2D eigenvalue weighted by atomic mass is 10.1. The van der Waals surface area contributed by atoms with E-state index >= 15 is 0 Å². The first-order valence-electron chi connectivity index (χ1n) is 6.82. The van der Waals surface area contributed by atoms with Crippen LogP contribution in [0.25, 0.3) is 0 Å². The molecule has 2 unspecified atom stereocenters. The highest BCUT2D eigenvalue weighted by atomic mass is 16.3. The van der Waals surface area contributed by atoms with Gasteiger partial charge in [0.1, 0.15) is 0 Å². The number of hydrogen-bond acceptors (Lipinski definition) is 4. The SMILES string of the molecule is CC(C)NC(CO)CCN1CCN(C)CC1C. The average Bonchev–Trinajstić information content (AvgIpc) is 2.25. The van der Waals surface area contributed by atoms with Crippen LogP contribution in [0, 0.1) is 0 Å². The third kappa shape index (κ3) is 5.34. The quantitative estimate of drug-likeness (QED) is 0.707. The van der Waals surface area contributed by atoms with Crippen LogP contribution in [0.15, 0.2) is 0 Å². The minimum Gasteiger partial charge on any atom is -0.395 e. The highest BCUT2D eigenvalue weighted by molar-refractivity contribution is 4.79. The Balaban J connectivity index is 2.28. The van der Waals surface area contributed by atoms with E-state index in [1.165, 1.54) is 0 Å². The van der Waals surface area contributed by atoms with E-state index in [1.807, 2.05) is 0 Å². The number of likely N-dealkylation sites (N-methyl/N-ethyl adjacent to an activating group) is 1. The number of nitrogens with one attached hydrogen (secondary N) is 1. The van der Waals surface area contributed by atoms with Crippen LogP contribution in [-0.2, 0) is 0 Å². The third-order valence-electron chi connectivity index (χ3n) is 3.52. The van der Waals surface area contributed by atoms with Crippen molar-refractivity contribution in [1.82, 2.24) is 15.1 Å². The number of piperazine rings is 1. The average molecular weight is 243 g/mol. The lowest BCUT2D eigenvalue weighted by molar-refractivity contribution is 0.0918. The van der Waals surface area contributed by atoms with Crippen LogP contribution >= 0.6 is 0 Å². The first-order valence-corrected chi connectivity index (χ1v) is 6.82. The summed E-state index contributed by atoms with van der Waals surface area (Å²) >= 11 is 0. The van der Waals surface area contributed by atoms with Gasteiger partial charge in [-0.05, 0) is 20.4 Å². The van der Waals surface area contributed by atoms with Crippen LogP contribution < -0.4 is 5.32 Å². The Morgan fingerprint density at radius 3 is 2.59 bits per heavy atom. The zero-order valence-electron chi connectivity index (χ0n) is 11.8. The van der Waals surface area contributed by atoms with Gasteiger partial charge in [0, 0.05) is 44.3 Å². The Morgan fingerprint density at radius 1 is 1.35 bits per heavy atom. The molecule has 1 fully saturated rings. The van der Waals surface area contributed by atoms with Crippen molar-refractivity contribution in [2.45, 2.75) is 45.3 Å². The number of aliphatic hydroxyl groups excluding tert-OH is 1. The Kier molecular flexibility index (Phi) is 6.41. The van der Waals surface area contributed by atoms with Crippen LogP contribution in [0.4, 0.5) is 0 Å². The van der Waals surface area contributed by atoms with Gasteiger partial charge in [0.25, 0.3) is 0 Å². The largest absolute Gasteiger partial charge is 0.395 e. The molecule has 1 aliphatic rings. The molecule has 4 nitrogen and oxygen atoms in total. The summed E-state index contributed by atoms with van der Waals surface area (Å²) in [6.45, 7) is 11.3. The molecular weight excluding hydrogens is 214 g/mol. The first-order chi connectivity index (χ1) is 8.02. The van der Waals surface area contributed by atoms with Gasteiger partial charge < -0.3 is 15.3 Å². The highest BCUT2D eigenvalue weighted by Gasteiger charge is 2.21. The van der Waals surface area contributed by atoms with Gasteiger partial charge in [0.15, 0.2) is 0 Å². The molecule has 0 aromatic rings. The summed E-state index contributed by atoms with van der Waals surface area (Å²) in [6.07, 6.45) is 1.03. The topological polar surface area (TPSA) is 38.7 Å². The van der Waals surface area contributed by atoms with Crippen LogP contribution in [0.1, 0.15) is 27.2 Å². The molecule has 1 saturated heterocycles. The summed E-state index contributed by atoms with van der Waals surface area (Å²) in [7, 11) is 2.19. The van der Waals surface area contributed by atoms with Crippen LogP contribution in [0.5, 0.6) is 0 Å². The maximum Gasteiger partial charge on any atom is 0.0585 e. The predicted molar refractivity (Wildman–Crippen MR) is 72.3 cm³/mol. The molecular formula is C13H29N3O. The molecule has 1 rings (SSSR count). The summed E-state index contributed by atoms with van der Waals surface area (Å²) < 4.78 is 0. The van der Waals surface area contributed by atoms with Gasteiger partial charge in [-0.15, -0.1) is 0 Å². The van der Waals surface area contributed by atoms with E-state index in [0.717, 1.165) is 32.6 Å². The first kappa shape index (κ1) is 14.9.